The number of hydrogen-bond acceptors (Lipinski definition) is 8. The molecule has 3 aromatic heterocycles. The Kier molecular flexibility index (Phi) is 9.10. The average Bonchev–Trinajstić information content (AvgIpc) is 3.49. The van der Waals surface area contributed by atoms with E-state index in [-0.39, 0.29) is 5.91 Å². The summed E-state index contributed by atoms with van der Waals surface area (Å²) in [6, 6.07) is 3.45. The second-order valence-electron chi connectivity index (χ2n) is 9.72. The Morgan fingerprint density at radius 3 is 2.65 bits per heavy atom. The number of carbonyl (C=O) groups is 1. The van der Waals surface area contributed by atoms with Gasteiger partial charge in [0.2, 0.25) is 5.13 Å². The molecule has 1 N–H and O–H groups in total. The topological polar surface area (TPSA) is 99.1 Å². The van der Waals surface area contributed by atoms with E-state index in [9.17, 15) is 4.79 Å². The van der Waals surface area contributed by atoms with Gasteiger partial charge in [0.1, 0.15) is 15.9 Å². The van der Waals surface area contributed by atoms with E-state index in [4.69, 9.17) is 21.1 Å². The number of unbranched alkanes of at least 4 members (excludes halogenated alkanes) is 1. The minimum Gasteiger partial charge on any atom is -0.494 e. The molecule has 0 radical (unpaired) electrons. The molecule has 1 amide bonds. The van der Waals surface area contributed by atoms with Crippen LogP contribution in [0.5, 0.6) is 5.75 Å². The third-order valence-electron chi connectivity index (χ3n) is 6.89. The van der Waals surface area contributed by atoms with Gasteiger partial charge in [-0.25, -0.2) is 4.98 Å². The molecule has 1 aliphatic heterocycles. The van der Waals surface area contributed by atoms with Gasteiger partial charge in [-0.15, -0.1) is 10.2 Å². The van der Waals surface area contributed by atoms with E-state index < -0.39 is 0 Å². The first-order valence-corrected chi connectivity index (χ1v) is 13.9. The molecule has 198 valence electrons. The van der Waals surface area contributed by atoms with Crippen molar-refractivity contribution in [1.82, 2.24) is 20.2 Å². The number of halogens is 1. The Morgan fingerprint density at radius 2 is 2.03 bits per heavy atom. The first-order valence-electron chi connectivity index (χ1n) is 12.7. The van der Waals surface area contributed by atoms with Crippen LogP contribution in [0.1, 0.15) is 72.9 Å². The smallest absolute Gasteiger partial charge is 0.259 e. The van der Waals surface area contributed by atoms with Crippen molar-refractivity contribution >= 4 is 34.0 Å². The molecule has 1 saturated heterocycles. The third-order valence-corrected chi connectivity index (χ3v) is 7.85. The molecule has 0 aromatic carbocycles. The van der Waals surface area contributed by atoms with Gasteiger partial charge < -0.3 is 9.47 Å². The number of methoxy groups -OCH3 is 1. The Bertz CT molecular complexity index is 1230. The number of nitrogens with zero attached hydrogens (tertiary/aromatic N) is 4. The Hall–Kier alpha value is -2.62. The molecule has 8 nitrogen and oxygen atoms in total. The van der Waals surface area contributed by atoms with Crippen LogP contribution in [0, 0.1) is 19.8 Å². The number of aromatic nitrogens is 4. The zero-order valence-corrected chi connectivity index (χ0v) is 23.4. The third kappa shape index (κ3) is 6.83. The molecule has 10 heteroatoms. The van der Waals surface area contributed by atoms with Crippen molar-refractivity contribution in [2.45, 2.75) is 71.3 Å². The summed E-state index contributed by atoms with van der Waals surface area (Å²) in [6.07, 6.45) is 12.6. The van der Waals surface area contributed by atoms with E-state index in [2.05, 4.69) is 32.4 Å². The number of pyridine rings is 2. The van der Waals surface area contributed by atoms with Crippen molar-refractivity contribution in [3.05, 3.63) is 45.9 Å². The quantitative estimate of drug-likeness (QED) is 0.332. The van der Waals surface area contributed by atoms with Crippen molar-refractivity contribution in [3.63, 3.8) is 0 Å². The largest absolute Gasteiger partial charge is 0.494 e. The van der Waals surface area contributed by atoms with Gasteiger partial charge in [-0.05, 0) is 64.0 Å². The maximum absolute atomic E-state index is 12.7. The standard InChI is InChI=1S/C16H14ClN5O2S.C11H20O/c1-8-4-10(11-5-14(17)19-7-13(11)24-3)12(6-18-8)15(23)20-16-22-21-9(2)25-16;1-2-3-5-10-8-11(12-9-10)6-4-7-11/h4-7H,1-3H3,(H,20,22,23);10H,2-9H2,1H3. The first kappa shape index (κ1) is 27.4. The summed E-state index contributed by atoms with van der Waals surface area (Å²) in [7, 11) is 1.53. The monoisotopic (exact) mass is 543 g/mol. The number of nitrogens with one attached hydrogen (secondary N) is 1. The van der Waals surface area contributed by atoms with E-state index in [1.807, 2.05) is 13.8 Å². The SMILES string of the molecule is CCCCC1COC2(CCC2)C1.COc1cnc(Cl)cc1-c1cc(C)ncc1C(=O)Nc1nnc(C)s1. The van der Waals surface area contributed by atoms with E-state index in [1.54, 1.807) is 12.1 Å². The number of rotatable bonds is 7. The number of anilines is 1. The number of hydrogen-bond donors (Lipinski definition) is 1. The molecule has 1 saturated carbocycles. The van der Waals surface area contributed by atoms with Crippen LogP contribution in [0.25, 0.3) is 11.1 Å². The molecule has 4 heterocycles. The number of amides is 1. The van der Waals surface area contributed by atoms with Crippen LogP contribution in [-0.2, 0) is 4.74 Å². The van der Waals surface area contributed by atoms with E-state index in [0.29, 0.717) is 38.3 Å². The first-order chi connectivity index (χ1) is 17.8. The fourth-order valence-corrected chi connectivity index (χ4v) is 5.55. The van der Waals surface area contributed by atoms with Crippen molar-refractivity contribution in [2.75, 3.05) is 19.0 Å². The molecule has 2 fully saturated rings. The second kappa shape index (κ2) is 12.3. The highest BCUT2D eigenvalue weighted by Gasteiger charge is 2.44. The molecule has 5 rings (SSSR count). The highest BCUT2D eigenvalue weighted by molar-refractivity contribution is 7.15. The minimum atomic E-state index is -0.339. The van der Waals surface area contributed by atoms with Gasteiger partial charge in [-0.1, -0.05) is 42.7 Å². The van der Waals surface area contributed by atoms with Crippen LogP contribution in [0.4, 0.5) is 5.13 Å². The van der Waals surface area contributed by atoms with Crippen LogP contribution >= 0.6 is 22.9 Å². The second-order valence-corrected chi connectivity index (χ2v) is 11.3. The summed E-state index contributed by atoms with van der Waals surface area (Å²) in [5, 5.41) is 12.0. The summed E-state index contributed by atoms with van der Waals surface area (Å²) in [4.78, 5) is 21.0. The van der Waals surface area contributed by atoms with Gasteiger partial charge in [0.25, 0.3) is 5.91 Å². The molecule has 1 aliphatic carbocycles. The summed E-state index contributed by atoms with van der Waals surface area (Å²) in [5.41, 5.74) is 2.82. The van der Waals surface area contributed by atoms with E-state index >= 15 is 0 Å². The zero-order chi connectivity index (χ0) is 26.4. The van der Waals surface area contributed by atoms with Crippen LogP contribution < -0.4 is 10.1 Å². The maximum Gasteiger partial charge on any atom is 0.259 e. The predicted octanol–water partition coefficient (Wildman–Crippen LogP) is 6.66. The van der Waals surface area contributed by atoms with Crippen molar-refractivity contribution in [1.29, 1.82) is 0 Å². The predicted molar refractivity (Wildman–Crippen MR) is 147 cm³/mol. The number of carbonyl (C=O) groups excluding carboxylic acids is 1. The fourth-order valence-electron chi connectivity index (χ4n) is 4.80. The Labute approximate surface area is 227 Å². The van der Waals surface area contributed by atoms with E-state index in [1.165, 1.54) is 75.8 Å². The molecule has 1 atom stereocenters. The molecule has 0 bridgehead atoms. The highest BCUT2D eigenvalue weighted by atomic mass is 35.5. The van der Waals surface area contributed by atoms with Crippen LogP contribution in [-0.4, -0.2) is 45.4 Å². The van der Waals surface area contributed by atoms with Crippen molar-refractivity contribution in [3.8, 4) is 16.9 Å². The Balaban J connectivity index is 0.000000222. The molecular weight excluding hydrogens is 510 g/mol. The summed E-state index contributed by atoms with van der Waals surface area (Å²) < 4.78 is 11.2. The molecule has 1 unspecified atom stereocenters. The molecule has 2 aliphatic rings. The lowest BCUT2D eigenvalue weighted by Gasteiger charge is -2.37. The maximum atomic E-state index is 12.7. The zero-order valence-electron chi connectivity index (χ0n) is 21.8. The summed E-state index contributed by atoms with van der Waals surface area (Å²) in [5.74, 6) is 1.06. The van der Waals surface area contributed by atoms with Gasteiger partial charge in [-0.2, -0.15) is 0 Å². The number of aryl methyl sites for hydroxylation is 2. The molecular formula is C27H34ClN5O3S. The summed E-state index contributed by atoms with van der Waals surface area (Å²) in [6.45, 7) is 6.99. The molecule has 3 aromatic rings. The average molecular weight is 544 g/mol. The Morgan fingerprint density at radius 1 is 1.22 bits per heavy atom. The van der Waals surface area contributed by atoms with Crippen molar-refractivity contribution in [2.24, 2.45) is 5.92 Å². The van der Waals surface area contributed by atoms with Gasteiger partial charge in [-0.3, -0.25) is 15.1 Å². The summed E-state index contributed by atoms with van der Waals surface area (Å²) >= 11 is 7.32. The highest BCUT2D eigenvalue weighted by Crippen LogP contribution is 2.46. The van der Waals surface area contributed by atoms with Gasteiger partial charge in [0, 0.05) is 23.0 Å². The van der Waals surface area contributed by atoms with Gasteiger partial charge in [0.15, 0.2) is 0 Å². The lowest BCUT2D eigenvalue weighted by Crippen LogP contribution is -2.35. The molecule has 1 spiro atoms. The molecule has 37 heavy (non-hydrogen) atoms. The fraction of sp³-hybridized carbons (Fsp3) is 0.519. The van der Waals surface area contributed by atoms with Gasteiger partial charge >= 0.3 is 0 Å². The van der Waals surface area contributed by atoms with Crippen molar-refractivity contribution < 1.29 is 14.3 Å². The van der Waals surface area contributed by atoms with Crippen LogP contribution in [0.15, 0.2) is 24.5 Å². The number of ether oxygens (including phenoxy) is 2. The lowest BCUT2D eigenvalue weighted by atomic mass is 9.76. The minimum absolute atomic E-state index is 0.302. The van der Waals surface area contributed by atoms with Crippen LogP contribution in [0.3, 0.4) is 0 Å². The normalized spacial score (nSPS) is 17.6. The van der Waals surface area contributed by atoms with Crippen LogP contribution in [0.2, 0.25) is 5.15 Å². The van der Waals surface area contributed by atoms with E-state index in [0.717, 1.165) is 23.2 Å². The lowest BCUT2D eigenvalue weighted by molar-refractivity contribution is -0.0564. The van der Waals surface area contributed by atoms with Gasteiger partial charge in [0.05, 0.1) is 31.1 Å².